The summed E-state index contributed by atoms with van der Waals surface area (Å²) < 4.78 is 0. The third kappa shape index (κ3) is 10.7. The third-order valence-electron chi connectivity index (χ3n) is 0.758. The summed E-state index contributed by atoms with van der Waals surface area (Å²) in [5.74, 6) is 1.14. The summed E-state index contributed by atoms with van der Waals surface area (Å²) in [7, 11) is 0. The predicted molar refractivity (Wildman–Crippen MR) is 53.4 cm³/mol. The van der Waals surface area contributed by atoms with Crippen molar-refractivity contribution in [1.82, 2.24) is 0 Å². The second-order valence-corrected chi connectivity index (χ2v) is 2.67. The summed E-state index contributed by atoms with van der Waals surface area (Å²) in [6.07, 6.45) is 1.86. The highest BCUT2D eigenvalue weighted by Gasteiger charge is 1.76. The van der Waals surface area contributed by atoms with E-state index in [1.54, 1.807) is 0 Å². The van der Waals surface area contributed by atoms with Gasteiger partial charge in [0.2, 0.25) is 0 Å². The second kappa shape index (κ2) is 11.6. The van der Waals surface area contributed by atoms with Crippen LogP contribution in [0.2, 0.25) is 0 Å². The monoisotopic (exact) mass is 158 g/mol. The largest absolute Gasteiger partial charge is 0.134 e. The fraction of sp³-hybridized carbons (Fsp3) is 0.556. The minimum absolute atomic E-state index is 1.14. The van der Waals surface area contributed by atoms with Crippen molar-refractivity contribution >= 4 is 11.8 Å². The Morgan fingerprint density at radius 1 is 1.50 bits per heavy atom. The molecule has 0 aliphatic carbocycles. The van der Waals surface area contributed by atoms with Crippen LogP contribution in [-0.4, -0.2) is 5.75 Å². The molecule has 10 heavy (non-hydrogen) atoms. The van der Waals surface area contributed by atoms with Crippen LogP contribution in [0.25, 0.3) is 0 Å². The van der Waals surface area contributed by atoms with Crippen molar-refractivity contribution in [2.75, 3.05) is 5.75 Å². The number of hydrogen-bond donors (Lipinski definition) is 0. The Kier molecular flexibility index (Phi) is 14.5. The van der Waals surface area contributed by atoms with Gasteiger partial charge in [0, 0.05) is 0 Å². The van der Waals surface area contributed by atoms with E-state index in [-0.39, 0.29) is 0 Å². The first kappa shape index (κ1) is 12.5. The van der Waals surface area contributed by atoms with Gasteiger partial charge < -0.3 is 0 Å². The van der Waals surface area contributed by atoms with Crippen molar-refractivity contribution in [2.45, 2.75) is 27.7 Å². The topological polar surface area (TPSA) is 0 Å². The van der Waals surface area contributed by atoms with E-state index in [9.17, 15) is 0 Å². The maximum Gasteiger partial charge on any atom is -0.00543 e. The number of rotatable bonds is 3. The fourth-order valence-corrected chi connectivity index (χ4v) is 0.789. The third-order valence-corrected chi connectivity index (χ3v) is 1.63. The molecular weight excluding hydrogens is 140 g/mol. The maximum absolute atomic E-state index is 3.63. The molecule has 1 heteroatoms. The molecule has 0 aliphatic heterocycles. The predicted octanol–water partition coefficient (Wildman–Crippen LogP) is 3.86. The van der Waals surface area contributed by atoms with Crippen molar-refractivity contribution in [2.24, 2.45) is 0 Å². The van der Waals surface area contributed by atoms with E-state index in [4.69, 9.17) is 0 Å². The first-order chi connectivity index (χ1) is 4.81. The molecule has 0 radical (unpaired) electrons. The molecule has 0 aromatic rings. The first-order valence-electron chi connectivity index (χ1n) is 3.72. The molecule has 0 unspecified atom stereocenters. The van der Waals surface area contributed by atoms with Crippen LogP contribution in [0.5, 0.6) is 0 Å². The van der Waals surface area contributed by atoms with Crippen LogP contribution in [0.3, 0.4) is 0 Å². The summed E-state index contributed by atoms with van der Waals surface area (Å²) in [5, 5.41) is 2.12. The molecule has 0 saturated heterocycles. The minimum atomic E-state index is 1.14. The van der Waals surface area contributed by atoms with Gasteiger partial charge >= 0.3 is 0 Å². The molecular formula is C9H18S. The lowest BCUT2D eigenvalue weighted by atomic mass is 10.4. The normalized spacial score (nSPS) is 9.80. The van der Waals surface area contributed by atoms with Gasteiger partial charge in [0.05, 0.1) is 0 Å². The van der Waals surface area contributed by atoms with Crippen LogP contribution in [0, 0.1) is 0 Å². The van der Waals surface area contributed by atoms with E-state index in [0.29, 0.717) is 0 Å². The fourth-order valence-electron chi connectivity index (χ4n) is 0.263. The minimum Gasteiger partial charge on any atom is -0.134 e. The highest BCUT2D eigenvalue weighted by atomic mass is 32.2. The SMILES string of the molecule is C=C/C(C)=C\SCC.CC. The lowest BCUT2D eigenvalue weighted by Gasteiger charge is -1.87. The van der Waals surface area contributed by atoms with Gasteiger partial charge in [-0.05, 0) is 23.7 Å². The molecule has 0 rings (SSSR count). The van der Waals surface area contributed by atoms with Gasteiger partial charge in [-0.1, -0.05) is 33.4 Å². The summed E-state index contributed by atoms with van der Waals surface area (Å²) in [5.41, 5.74) is 1.25. The molecule has 60 valence electrons. The Balaban J connectivity index is 0. The van der Waals surface area contributed by atoms with Gasteiger partial charge in [-0.3, -0.25) is 0 Å². The molecule has 0 spiro atoms. The van der Waals surface area contributed by atoms with E-state index in [2.05, 4.69) is 25.8 Å². The molecule has 0 N–H and O–H groups in total. The molecule has 0 aromatic heterocycles. The second-order valence-electron chi connectivity index (χ2n) is 1.52. The van der Waals surface area contributed by atoms with E-state index >= 15 is 0 Å². The Bertz CT molecular complexity index is 92.9. The number of thioether (sulfide) groups is 1. The van der Waals surface area contributed by atoms with Crippen LogP contribution < -0.4 is 0 Å². The van der Waals surface area contributed by atoms with Crippen LogP contribution >= 0.6 is 11.8 Å². The van der Waals surface area contributed by atoms with Gasteiger partial charge in [0.15, 0.2) is 0 Å². The first-order valence-corrected chi connectivity index (χ1v) is 4.77. The lowest BCUT2D eigenvalue weighted by Crippen LogP contribution is -1.63. The van der Waals surface area contributed by atoms with Crippen molar-refractivity contribution in [1.29, 1.82) is 0 Å². The molecule has 0 nitrogen and oxygen atoms in total. The molecule has 0 aromatic carbocycles. The lowest BCUT2D eigenvalue weighted by molar-refractivity contribution is 1.50. The zero-order valence-electron chi connectivity index (χ0n) is 7.48. The molecule has 0 bridgehead atoms. The van der Waals surface area contributed by atoms with Crippen LogP contribution in [0.4, 0.5) is 0 Å². The smallest absolute Gasteiger partial charge is 0.00543 e. The Morgan fingerprint density at radius 3 is 2.30 bits per heavy atom. The van der Waals surface area contributed by atoms with Crippen molar-refractivity contribution < 1.29 is 0 Å². The summed E-state index contributed by atoms with van der Waals surface area (Å²) in [6, 6.07) is 0. The van der Waals surface area contributed by atoms with E-state index < -0.39 is 0 Å². The average molecular weight is 158 g/mol. The van der Waals surface area contributed by atoms with E-state index in [0.717, 1.165) is 5.75 Å². The number of hydrogen-bond acceptors (Lipinski definition) is 1. The van der Waals surface area contributed by atoms with Crippen LogP contribution in [0.15, 0.2) is 23.6 Å². The van der Waals surface area contributed by atoms with Crippen molar-refractivity contribution in [3.05, 3.63) is 23.6 Å². The molecule has 0 fully saturated rings. The Labute approximate surface area is 69.4 Å². The van der Waals surface area contributed by atoms with Gasteiger partial charge in [-0.2, -0.15) is 0 Å². The van der Waals surface area contributed by atoms with Gasteiger partial charge in [-0.25, -0.2) is 0 Å². The van der Waals surface area contributed by atoms with Crippen molar-refractivity contribution in [3.63, 3.8) is 0 Å². The summed E-state index contributed by atoms with van der Waals surface area (Å²) in [4.78, 5) is 0. The zero-order valence-corrected chi connectivity index (χ0v) is 8.29. The van der Waals surface area contributed by atoms with E-state index in [1.807, 2.05) is 31.7 Å². The summed E-state index contributed by atoms with van der Waals surface area (Å²) in [6.45, 7) is 11.8. The van der Waals surface area contributed by atoms with E-state index in [1.165, 1.54) is 5.57 Å². The molecule has 0 amide bonds. The molecule has 0 heterocycles. The highest BCUT2D eigenvalue weighted by molar-refractivity contribution is 8.02. The standard InChI is InChI=1S/C7H12S.C2H6/c1-4-7(3)6-8-5-2;1-2/h4,6H,1,5H2,2-3H3;1-2H3/b7-6-;. The Morgan fingerprint density at radius 2 is 2.00 bits per heavy atom. The maximum atomic E-state index is 3.63. The molecule has 0 aliphatic rings. The molecule has 0 atom stereocenters. The zero-order chi connectivity index (χ0) is 8.41. The average Bonchev–Trinajstić information content (AvgIpc) is 2.04. The van der Waals surface area contributed by atoms with Crippen LogP contribution in [0.1, 0.15) is 27.7 Å². The van der Waals surface area contributed by atoms with Crippen LogP contribution in [-0.2, 0) is 0 Å². The molecule has 0 saturated carbocycles. The summed E-state index contributed by atoms with van der Waals surface area (Å²) >= 11 is 1.81. The highest BCUT2D eigenvalue weighted by Crippen LogP contribution is 2.05. The van der Waals surface area contributed by atoms with Gasteiger partial charge in [0.25, 0.3) is 0 Å². The van der Waals surface area contributed by atoms with Gasteiger partial charge in [-0.15, -0.1) is 11.8 Å². The van der Waals surface area contributed by atoms with Crippen molar-refractivity contribution in [3.8, 4) is 0 Å². The quantitative estimate of drug-likeness (QED) is 0.562. The number of allylic oxidation sites excluding steroid dienone is 2. The van der Waals surface area contributed by atoms with Gasteiger partial charge in [0.1, 0.15) is 0 Å². The Hall–Kier alpha value is -0.170.